The average Bonchev–Trinajstić information content (AvgIpc) is 3.05. The van der Waals surface area contributed by atoms with Gasteiger partial charge in [-0.3, -0.25) is 4.57 Å². The van der Waals surface area contributed by atoms with Crippen LogP contribution in [0.25, 0.3) is 16.9 Å². The maximum atomic E-state index is 14.3. The van der Waals surface area contributed by atoms with Gasteiger partial charge in [0.25, 0.3) is 0 Å². The predicted octanol–water partition coefficient (Wildman–Crippen LogP) is 2.32. The number of aromatic nitrogens is 4. The van der Waals surface area contributed by atoms with Gasteiger partial charge in [-0.1, -0.05) is 12.1 Å². The molecule has 0 aliphatic heterocycles. The SMILES string of the molecule is COc1cccc(-n2c(=O)n(Cc3c(F)cccc3F)c3cnc(NCCO)nc32)c1. The second kappa shape index (κ2) is 8.52. The van der Waals surface area contributed by atoms with Crippen LogP contribution in [0, 0.1) is 11.6 Å². The summed E-state index contributed by atoms with van der Waals surface area (Å²) in [5, 5.41) is 11.9. The number of nitrogens with one attached hydrogen (secondary N) is 1. The summed E-state index contributed by atoms with van der Waals surface area (Å²) in [6.07, 6.45) is 1.40. The van der Waals surface area contributed by atoms with E-state index in [0.717, 1.165) is 12.1 Å². The molecule has 4 aromatic rings. The van der Waals surface area contributed by atoms with E-state index in [4.69, 9.17) is 9.84 Å². The highest BCUT2D eigenvalue weighted by Gasteiger charge is 2.20. The third-order valence-electron chi connectivity index (χ3n) is 4.76. The van der Waals surface area contributed by atoms with Gasteiger partial charge in [-0.2, -0.15) is 4.98 Å². The summed E-state index contributed by atoms with van der Waals surface area (Å²) in [5.41, 5.74) is 0.223. The van der Waals surface area contributed by atoms with E-state index < -0.39 is 17.3 Å². The minimum absolute atomic E-state index is 0.127. The van der Waals surface area contributed by atoms with Crippen LogP contribution in [0.2, 0.25) is 0 Å². The van der Waals surface area contributed by atoms with E-state index in [1.54, 1.807) is 24.3 Å². The highest BCUT2D eigenvalue weighted by Crippen LogP contribution is 2.22. The number of aliphatic hydroxyl groups is 1. The molecule has 0 saturated heterocycles. The average molecular weight is 427 g/mol. The van der Waals surface area contributed by atoms with Crippen LogP contribution >= 0.6 is 0 Å². The van der Waals surface area contributed by atoms with Gasteiger partial charge in [-0.25, -0.2) is 23.1 Å². The summed E-state index contributed by atoms with van der Waals surface area (Å²) in [6, 6.07) is 10.3. The summed E-state index contributed by atoms with van der Waals surface area (Å²) >= 11 is 0. The maximum Gasteiger partial charge on any atom is 0.335 e. The zero-order valence-electron chi connectivity index (χ0n) is 16.5. The first-order valence-electron chi connectivity index (χ1n) is 9.44. The van der Waals surface area contributed by atoms with E-state index in [0.29, 0.717) is 17.0 Å². The minimum Gasteiger partial charge on any atom is -0.497 e. The number of hydrogen-bond donors (Lipinski definition) is 2. The molecule has 0 aliphatic carbocycles. The van der Waals surface area contributed by atoms with Crippen molar-refractivity contribution in [3.8, 4) is 11.4 Å². The molecule has 0 aliphatic rings. The predicted molar refractivity (Wildman–Crippen MR) is 111 cm³/mol. The molecule has 0 saturated carbocycles. The first-order valence-corrected chi connectivity index (χ1v) is 9.44. The molecule has 0 spiro atoms. The number of aliphatic hydroxyl groups excluding tert-OH is 1. The van der Waals surface area contributed by atoms with E-state index in [1.807, 2.05) is 0 Å². The fraction of sp³-hybridized carbons (Fsp3) is 0.190. The summed E-state index contributed by atoms with van der Waals surface area (Å²) in [7, 11) is 1.51. The van der Waals surface area contributed by atoms with Gasteiger partial charge >= 0.3 is 5.69 Å². The molecule has 0 atom stereocenters. The summed E-state index contributed by atoms with van der Waals surface area (Å²) in [6.45, 7) is -0.245. The first kappa shape index (κ1) is 20.5. The van der Waals surface area contributed by atoms with Gasteiger partial charge in [0.05, 0.1) is 32.1 Å². The van der Waals surface area contributed by atoms with E-state index in [-0.39, 0.29) is 36.9 Å². The van der Waals surface area contributed by atoms with Crippen molar-refractivity contribution in [1.82, 2.24) is 19.1 Å². The first-order chi connectivity index (χ1) is 15.0. The third kappa shape index (κ3) is 3.84. The smallest absolute Gasteiger partial charge is 0.335 e. The van der Waals surface area contributed by atoms with E-state index in [2.05, 4.69) is 15.3 Å². The van der Waals surface area contributed by atoms with E-state index in [9.17, 15) is 13.6 Å². The summed E-state index contributed by atoms with van der Waals surface area (Å²) in [5.74, 6) is -0.779. The van der Waals surface area contributed by atoms with Crippen molar-refractivity contribution in [2.45, 2.75) is 6.54 Å². The molecule has 0 bridgehead atoms. The van der Waals surface area contributed by atoms with E-state index >= 15 is 0 Å². The highest BCUT2D eigenvalue weighted by atomic mass is 19.1. The van der Waals surface area contributed by atoms with Gasteiger partial charge in [-0.15, -0.1) is 0 Å². The molecule has 2 aromatic heterocycles. The molecule has 2 N–H and O–H groups in total. The second-order valence-corrected chi connectivity index (χ2v) is 6.66. The number of halogens is 2. The van der Waals surface area contributed by atoms with Gasteiger partial charge in [0, 0.05) is 18.2 Å². The minimum atomic E-state index is -0.753. The van der Waals surface area contributed by atoms with Crippen LogP contribution in [0.3, 0.4) is 0 Å². The molecule has 10 heteroatoms. The molecule has 160 valence electrons. The Labute approximate surface area is 175 Å². The van der Waals surface area contributed by atoms with Crippen LogP contribution in [-0.4, -0.2) is 44.5 Å². The normalized spacial score (nSPS) is 11.1. The van der Waals surface area contributed by atoms with Crippen molar-refractivity contribution >= 4 is 17.1 Å². The highest BCUT2D eigenvalue weighted by molar-refractivity contribution is 5.74. The van der Waals surface area contributed by atoms with Gasteiger partial charge < -0.3 is 15.2 Å². The molecule has 8 nitrogen and oxygen atoms in total. The van der Waals surface area contributed by atoms with Crippen LogP contribution in [0.4, 0.5) is 14.7 Å². The quantitative estimate of drug-likeness (QED) is 0.470. The lowest BCUT2D eigenvalue weighted by atomic mass is 10.2. The van der Waals surface area contributed by atoms with Crippen molar-refractivity contribution in [2.75, 3.05) is 25.6 Å². The molecule has 2 aromatic carbocycles. The fourth-order valence-corrected chi connectivity index (χ4v) is 3.27. The van der Waals surface area contributed by atoms with Crippen LogP contribution in [0.1, 0.15) is 5.56 Å². The fourth-order valence-electron chi connectivity index (χ4n) is 3.27. The van der Waals surface area contributed by atoms with Crippen molar-refractivity contribution < 1.29 is 18.6 Å². The molecule has 2 heterocycles. The van der Waals surface area contributed by atoms with Gasteiger partial charge in [0.1, 0.15) is 22.9 Å². The van der Waals surface area contributed by atoms with Gasteiger partial charge in [0.15, 0.2) is 5.65 Å². The molecule has 31 heavy (non-hydrogen) atoms. The standard InChI is InChI=1S/C21H19F2N5O3/c1-31-14-5-2-4-13(10-14)28-19-18(11-25-20(26-19)24-8-9-29)27(21(28)30)12-15-16(22)6-3-7-17(15)23/h2-7,10-11,29H,8-9,12H2,1H3,(H,24,25,26). The molecule has 0 radical (unpaired) electrons. The molecular formula is C21H19F2N5O3. The zero-order chi connectivity index (χ0) is 22.0. The lowest BCUT2D eigenvalue weighted by Crippen LogP contribution is -2.24. The molecule has 4 rings (SSSR count). The molecular weight excluding hydrogens is 408 g/mol. The third-order valence-corrected chi connectivity index (χ3v) is 4.76. The number of imidazole rings is 1. The largest absolute Gasteiger partial charge is 0.497 e. The number of fused-ring (bicyclic) bond motifs is 1. The van der Waals surface area contributed by atoms with Crippen LogP contribution in [0.15, 0.2) is 53.5 Å². The topological polar surface area (TPSA) is 94.2 Å². The van der Waals surface area contributed by atoms with Crippen LogP contribution < -0.4 is 15.7 Å². The Bertz CT molecular complexity index is 1280. The Morgan fingerprint density at radius 2 is 1.90 bits per heavy atom. The number of nitrogens with zero attached hydrogens (tertiary/aromatic N) is 4. The monoisotopic (exact) mass is 427 g/mol. The molecule has 0 amide bonds. The number of rotatable bonds is 7. The van der Waals surface area contributed by atoms with Crippen molar-refractivity contribution in [3.63, 3.8) is 0 Å². The number of anilines is 1. The van der Waals surface area contributed by atoms with E-state index in [1.165, 1.54) is 28.5 Å². The molecule has 0 fully saturated rings. The lowest BCUT2D eigenvalue weighted by Gasteiger charge is -2.06. The number of benzene rings is 2. The van der Waals surface area contributed by atoms with Crippen molar-refractivity contribution in [1.29, 1.82) is 0 Å². The number of methoxy groups -OCH3 is 1. The number of ether oxygens (including phenoxy) is 1. The molecule has 0 unspecified atom stereocenters. The Balaban J connectivity index is 1.94. The van der Waals surface area contributed by atoms with Crippen LogP contribution in [-0.2, 0) is 6.54 Å². The Morgan fingerprint density at radius 1 is 1.16 bits per heavy atom. The maximum absolute atomic E-state index is 14.3. The van der Waals surface area contributed by atoms with Crippen LogP contribution in [0.5, 0.6) is 5.75 Å². The summed E-state index contributed by atoms with van der Waals surface area (Å²) < 4.78 is 36.3. The summed E-state index contributed by atoms with van der Waals surface area (Å²) in [4.78, 5) is 21.9. The second-order valence-electron chi connectivity index (χ2n) is 6.66. The lowest BCUT2D eigenvalue weighted by molar-refractivity contribution is 0.311. The Hall–Kier alpha value is -3.79. The van der Waals surface area contributed by atoms with Gasteiger partial charge in [0.2, 0.25) is 5.95 Å². The Morgan fingerprint density at radius 3 is 2.61 bits per heavy atom. The zero-order valence-corrected chi connectivity index (χ0v) is 16.5. The number of hydrogen-bond acceptors (Lipinski definition) is 6. The van der Waals surface area contributed by atoms with Crippen molar-refractivity contribution in [3.05, 3.63) is 76.3 Å². The Kier molecular flexibility index (Phi) is 5.63. The van der Waals surface area contributed by atoms with Gasteiger partial charge in [-0.05, 0) is 24.3 Å². The van der Waals surface area contributed by atoms with Crippen molar-refractivity contribution in [2.24, 2.45) is 0 Å².